The number of methoxy groups -OCH3 is 1. The largest absolute Gasteiger partial charge is 0.469 e. The van der Waals surface area contributed by atoms with Crippen molar-refractivity contribution in [3.05, 3.63) is 28.8 Å². The summed E-state index contributed by atoms with van der Waals surface area (Å²) >= 11 is 6.20. The van der Waals surface area contributed by atoms with Crippen molar-refractivity contribution in [1.29, 1.82) is 0 Å². The number of aryl methyl sites for hydroxylation is 1. The molecule has 0 saturated carbocycles. The van der Waals surface area contributed by atoms with Gasteiger partial charge in [-0.05, 0) is 56.7 Å². The lowest BCUT2D eigenvalue weighted by atomic mass is 9.97. The van der Waals surface area contributed by atoms with Gasteiger partial charge >= 0.3 is 5.97 Å². The van der Waals surface area contributed by atoms with Crippen LogP contribution in [0.3, 0.4) is 0 Å². The zero-order valence-corrected chi connectivity index (χ0v) is 21.3. The Kier molecular flexibility index (Phi) is 10.0. The number of likely N-dealkylation sites (tertiary alicyclic amines) is 1. The first-order chi connectivity index (χ1) is 14.0. The molecule has 1 unspecified atom stereocenters. The van der Waals surface area contributed by atoms with Crippen LogP contribution in [0.5, 0.6) is 0 Å². The number of aliphatic imine (C=N–C) groups is 1. The van der Waals surface area contributed by atoms with Gasteiger partial charge in [-0.1, -0.05) is 17.7 Å². The van der Waals surface area contributed by atoms with Crippen LogP contribution in [0.4, 0.5) is 5.69 Å². The quantitative estimate of drug-likeness (QED) is 0.261. The summed E-state index contributed by atoms with van der Waals surface area (Å²) in [6.45, 7) is 9.61. The summed E-state index contributed by atoms with van der Waals surface area (Å²) in [7, 11) is 1.47. The molecule has 30 heavy (non-hydrogen) atoms. The number of nitrogens with one attached hydrogen (secondary N) is 1. The molecule has 1 aromatic carbocycles. The Balaban J connectivity index is 0.00000320. The van der Waals surface area contributed by atoms with Crippen LogP contribution in [0.15, 0.2) is 23.2 Å². The van der Waals surface area contributed by atoms with Crippen molar-refractivity contribution in [2.45, 2.75) is 33.1 Å². The SMILES string of the molecule is CCNC(=NCC1CCN(c2cc(Cl)ccc2C)C1)N1CCC(C(=O)OC)CC1.I. The molecule has 1 atom stereocenters. The van der Waals surface area contributed by atoms with E-state index in [9.17, 15) is 4.79 Å². The standard InChI is InChI=1S/C22H33ClN4O2.HI/c1-4-24-22(26-11-8-18(9-12-26)21(28)29-3)25-14-17-7-10-27(15-17)20-13-19(23)6-5-16(20)2;/h5-6,13,17-18H,4,7-12,14-15H2,1-3H3,(H,24,25);1H. The first-order valence-corrected chi connectivity index (χ1v) is 11.0. The summed E-state index contributed by atoms with van der Waals surface area (Å²) in [6, 6.07) is 6.10. The third-order valence-corrected chi connectivity index (χ3v) is 6.20. The van der Waals surface area contributed by atoms with Crippen LogP contribution in [0.1, 0.15) is 31.7 Å². The average Bonchev–Trinajstić information content (AvgIpc) is 3.21. The molecular formula is C22H34ClIN4O2. The van der Waals surface area contributed by atoms with Crippen molar-refractivity contribution in [3.63, 3.8) is 0 Å². The van der Waals surface area contributed by atoms with E-state index < -0.39 is 0 Å². The van der Waals surface area contributed by atoms with Gasteiger partial charge < -0.3 is 19.9 Å². The molecular weight excluding hydrogens is 515 g/mol. The maximum atomic E-state index is 11.8. The van der Waals surface area contributed by atoms with E-state index in [-0.39, 0.29) is 35.9 Å². The van der Waals surface area contributed by atoms with Crippen LogP contribution in [-0.2, 0) is 9.53 Å². The number of guanidine groups is 1. The van der Waals surface area contributed by atoms with E-state index in [0.29, 0.717) is 5.92 Å². The first kappa shape index (κ1) is 25.0. The van der Waals surface area contributed by atoms with E-state index in [0.717, 1.165) is 69.5 Å². The lowest BCUT2D eigenvalue weighted by Crippen LogP contribution is -2.46. The number of carbonyl (C=O) groups is 1. The molecule has 0 radical (unpaired) electrons. The van der Waals surface area contributed by atoms with Gasteiger partial charge in [0.1, 0.15) is 0 Å². The number of hydrogen-bond acceptors (Lipinski definition) is 4. The van der Waals surface area contributed by atoms with Crippen molar-refractivity contribution in [2.75, 3.05) is 51.3 Å². The van der Waals surface area contributed by atoms with Crippen LogP contribution in [0.25, 0.3) is 0 Å². The fourth-order valence-corrected chi connectivity index (χ4v) is 4.43. The van der Waals surface area contributed by atoms with Crippen LogP contribution >= 0.6 is 35.6 Å². The summed E-state index contributed by atoms with van der Waals surface area (Å²) in [6.07, 6.45) is 2.78. The van der Waals surface area contributed by atoms with Crippen LogP contribution in [0.2, 0.25) is 5.02 Å². The van der Waals surface area contributed by atoms with Gasteiger partial charge in [0, 0.05) is 50.0 Å². The normalized spacial score (nSPS) is 20.1. The molecule has 2 heterocycles. The molecule has 2 fully saturated rings. The number of benzene rings is 1. The minimum absolute atomic E-state index is 0. The van der Waals surface area contributed by atoms with Gasteiger partial charge in [0.2, 0.25) is 0 Å². The van der Waals surface area contributed by atoms with Gasteiger partial charge in [-0.2, -0.15) is 0 Å². The van der Waals surface area contributed by atoms with Gasteiger partial charge in [0.15, 0.2) is 5.96 Å². The highest BCUT2D eigenvalue weighted by Crippen LogP contribution is 2.29. The van der Waals surface area contributed by atoms with E-state index in [1.807, 2.05) is 6.07 Å². The van der Waals surface area contributed by atoms with Crippen molar-refractivity contribution in [2.24, 2.45) is 16.8 Å². The fourth-order valence-electron chi connectivity index (χ4n) is 4.26. The summed E-state index contributed by atoms with van der Waals surface area (Å²) in [4.78, 5) is 21.4. The van der Waals surface area contributed by atoms with Crippen LogP contribution in [-0.4, -0.2) is 63.2 Å². The monoisotopic (exact) mass is 548 g/mol. The molecule has 0 spiro atoms. The zero-order valence-electron chi connectivity index (χ0n) is 18.2. The van der Waals surface area contributed by atoms with Gasteiger partial charge in [-0.3, -0.25) is 9.79 Å². The van der Waals surface area contributed by atoms with E-state index in [1.54, 1.807) is 0 Å². The number of rotatable bonds is 5. The fraction of sp³-hybridized carbons (Fsp3) is 0.636. The van der Waals surface area contributed by atoms with E-state index in [2.05, 4.69) is 41.1 Å². The van der Waals surface area contributed by atoms with Crippen LogP contribution in [0, 0.1) is 18.8 Å². The molecule has 1 aromatic rings. The molecule has 2 aliphatic rings. The average molecular weight is 549 g/mol. The maximum absolute atomic E-state index is 11.8. The van der Waals surface area contributed by atoms with Crippen molar-refractivity contribution >= 4 is 53.2 Å². The minimum atomic E-state index is -0.0889. The molecule has 0 amide bonds. The van der Waals surface area contributed by atoms with Gasteiger partial charge in [0.05, 0.1) is 13.0 Å². The number of hydrogen-bond donors (Lipinski definition) is 1. The number of nitrogens with zero attached hydrogens (tertiary/aromatic N) is 3. The zero-order chi connectivity index (χ0) is 20.8. The van der Waals surface area contributed by atoms with Gasteiger partial charge in [0.25, 0.3) is 0 Å². The Labute approximate surface area is 202 Å². The number of carbonyl (C=O) groups excluding carboxylic acids is 1. The Hall–Kier alpha value is -1.22. The summed E-state index contributed by atoms with van der Waals surface area (Å²) in [5, 5.41) is 4.21. The Morgan fingerprint density at radius 1 is 1.27 bits per heavy atom. The van der Waals surface area contributed by atoms with Gasteiger partial charge in [-0.25, -0.2) is 0 Å². The molecule has 2 saturated heterocycles. The first-order valence-electron chi connectivity index (χ1n) is 10.6. The second-order valence-corrected chi connectivity index (χ2v) is 8.45. The lowest BCUT2D eigenvalue weighted by Gasteiger charge is -2.33. The molecule has 168 valence electrons. The molecule has 0 aromatic heterocycles. The number of ether oxygens (including phenoxy) is 1. The molecule has 0 bridgehead atoms. The van der Waals surface area contributed by atoms with Crippen LogP contribution < -0.4 is 10.2 Å². The lowest BCUT2D eigenvalue weighted by molar-refractivity contribution is -0.146. The number of anilines is 1. The smallest absolute Gasteiger partial charge is 0.308 e. The highest BCUT2D eigenvalue weighted by molar-refractivity contribution is 14.0. The second kappa shape index (κ2) is 12.0. The number of halogens is 2. The molecule has 2 aliphatic heterocycles. The Morgan fingerprint density at radius 2 is 2.00 bits per heavy atom. The van der Waals surface area contributed by atoms with E-state index in [1.165, 1.54) is 18.4 Å². The van der Waals surface area contributed by atoms with E-state index >= 15 is 0 Å². The molecule has 1 N–H and O–H groups in total. The third-order valence-electron chi connectivity index (χ3n) is 5.96. The highest BCUT2D eigenvalue weighted by atomic mass is 127. The molecule has 0 aliphatic carbocycles. The summed E-state index contributed by atoms with van der Waals surface area (Å²) < 4.78 is 4.89. The third kappa shape index (κ3) is 6.39. The highest BCUT2D eigenvalue weighted by Gasteiger charge is 2.28. The number of esters is 1. The minimum Gasteiger partial charge on any atom is -0.469 e. The van der Waals surface area contributed by atoms with Crippen molar-refractivity contribution in [3.8, 4) is 0 Å². The van der Waals surface area contributed by atoms with Crippen molar-refractivity contribution < 1.29 is 9.53 Å². The van der Waals surface area contributed by atoms with E-state index in [4.69, 9.17) is 21.3 Å². The predicted molar refractivity (Wildman–Crippen MR) is 134 cm³/mol. The summed E-state index contributed by atoms with van der Waals surface area (Å²) in [5.41, 5.74) is 2.50. The predicted octanol–water partition coefficient (Wildman–Crippen LogP) is 3.94. The molecule has 3 rings (SSSR count). The Bertz CT molecular complexity index is 738. The second-order valence-electron chi connectivity index (χ2n) is 8.01. The molecule has 6 nitrogen and oxygen atoms in total. The summed E-state index contributed by atoms with van der Waals surface area (Å²) in [5.74, 6) is 1.43. The Morgan fingerprint density at radius 3 is 2.67 bits per heavy atom. The topological polar surface area (TPSA) is 57.2 Å². The number of piperidine rings is 1. The van der Waals surface area contributed by atoms with Gasteiger partial charge in [-0.15, -0.1) is 24.0 Å². The van der Waals surface area contributed by atoms with Crippen molar-refractivity contribution in [1.82, 2.24) is 10.2 Å². The molecule has 8 heteroatoms. The maximum Gasteiger partial charge on any atom is 0.308 e.